The Balaban J connectivity index is 2.13. The van der Waals surface area contributed by atoms with Crippen molar-refractivity contribution in [2.75, 3.05) is 40.4 Å². The van der Waals surface area contributed by atoms with Crippen LogP contribution in [0.4, 0.5) is 9.59 Å². The average Bonchev–Trinajstić information content (AvgIpc) is 3.05. The predicted octanol–water partition coefficient (Wildman–Crippen LogP) is 2.58. The molecule has 16 nitrogen and oxygen atoms in total. The fraction of sp³-hybridized carbons (Fsp3) is 0.500. The number of hydrogen-bond donors (Lipinski definition) is 4. The van der Waals surface area contributed by atoms with E-state index in [4.69, 9.17) is 40.4 Å². The summed E-state index contributed by atoms with van der Waals surface area (Å²) in [5.74, 6) is -0.0485. The Morgan fingerprint density at radius 1 is 0.635 bits per heavy atom. The van der Waals surface area contributed by atoms with Crippen molar-refractivity contribution in [2.45, 2.75) is 77.9 Å². The monoisotopic (exact) mass is 724 g/mol. The quantitative estimate of drug-likeness (QED) is 0.224. The van der Waals surface area contributed by atoms with E-state index in [9.17, 15) is 19.2 Å². The average molecular weight is 725 g/mol. The Kier molecular flexibility index (Phi) is 14.2. The first-order valence-corrected chi connectivity index (χ1v) is 16.8. The summed E-state index contributed by atoms with van der Waals surface area (Å²) in [5.41, 5.74) is 12.3. The van der Waals surface area contributed by atoms with Crippen LogP contribution in [-0.2, 0) is 32.2 Å². The van der Waals surface area contributed by atoms with E-state index < -0.39 is 47.3 Å². The normalized spacial score (nSPS) is 17.8. The molecule has 0 bridgehead atoms. The molecule has 1 saturated heterocycles. The molecule has 0 aliphatic carbocycles. The fourth-order valence-corrected chi connectivity index (χ4v) is 5.25. The molecule has 284 valence electrons. The van der Waals surface area contributed by atoms with Crippen molar-refractivity contribution in [1.82, 2.24) is 20.4 Å². The number of nitrogens with two attached hydrogens (primary N) is 2. The van der Waals surface area contributed by atoms with Crippen molar-refractivity contribution in [3.63, 3.8) is 0 Å². The van der Waals surface area contributed by atoms with E-state index in [1.165, 1.54) is 9.80 Å². The molecule has 3 rings (SSSR count). The molecule has 0 radical (unpaired) electrons. The van der Waals surface area contributed by atoms with Gasteiger partial charge in [-0.15, -0.1) is 0 Å². The van der Waals surface area contributed by atoms with E-state index in [2.05, 4.69) is 10.6 Å². The van der Waals surface area contributed by atoms with Crippen LogP contribution in [-0.4, -0.2) is 109 Å². The topological polar surface area (TPSA) is 212 Å². The smallest absolute Gasteiger partial charge is 0.407 e. The largest absolute Gasteiger partial charge is 0.497 e. The number of nitrogens with one attached hydrogen (secondary N) is 2. The van der Waals surface area contributed by atoms with E-state index in [0.29, 0.717) is 11.5 Å². The Morgan fingerprint density at radius 2 is 0.962 bits per heavy atom. The summed E-state index contributed by atoms with van der Waals surface area (Å²) in [5, 5.41) is 5.38. The Bertz CT molecular complexity index is 1480. The number of rotatable bonds is 14. The van der Waals surface area contributed by atoms with Crippen LogP contribution in [0.2, 0.25) is 0 Å². The number of hydrogen-bond acceptors (Lipinski definition) is 10. The van der Waals surface area contributed by atoms with Crippen LogP contribution in [0, 0.1) is 0 Å². The van der Waals surface area contributed by atoms with Gasteiger partial charge < -0.3 is 50.8 Å². The molecule has 0 aromatic heterocycles. The molecule has 4 amide bonds. The number of ether oxygens (including phenoxy) is 4. The van der Waals surface area contributed by atoms with Crippen LogP contribution in [0.15, 0.2) is 58.5 Å². The number of methoxy groups -OCH3 is 2. The zero-order chi connectivity index (χ0) is 38.6. The first kappa shape index (κ1) is 40.9. The first-order chi connectivity index (χ1) is 24.4. The minimum Gasteiger partial charge on any atom is -0.497 e. The lowest BCUT2D eigenvalue weighted by Crippen LogP contribution is -2.71. The molecule has 6 N–H and O–H groups in total. The van der Waals surface area contributed by atoms with Gasteiger partial charge in [-0.05, 0) is 76.9 Å². The third-order valence-corrected chi connectivity index (χ3v) is 7.45. The van der Waals surface area contributed by atoms with E-state index >= 15 is 0 Å². The highest BCUT2D eigenvalue weighted by molar-refractivity contribution is 6.19. The minimum atomic E-state index is -1.26. The lowest BCUT2D eigenvalue weighted by atomic mass is 10.0. The molecule has 2 aromatic carbocycles. The number of amidine groups is 2. The second-order valence-electron chi connectivity index (χ2n) is 13.9. The number of aliphatic imine (C=N–C) groups is 2. The lowest BCUT2D eigenvalue weighted by molar-refractivity contribution is -0.123. The van der Waals surface area contributed by atoms with Gasteiger partial charge in [-0.2, -0.15) is 0 Å². The molecule has 2 unspecified atom stereocenters. The SMILES string of the molecule is COc1ccc(CN=C2C(C(N)=O)N(CCNC(=O)OC(C)(C)C)C(=NCc3ccc(OC)cc3)C(C(N)=O)N2CCNC(=O)OC(C)(C)C)cc1. The number of alkyl carbamates (subject to hydrolysis) is 2. The first-order valence-electron chi connectivity index (χ1n) is 16.8. The van der Waals surface area contributed by atoms with Gasteiger partial charge >= 0.3 is 12.2 Å². The highest BCUT2D eigenvalue weighted by Gasteiger charge is 2.47. The van der Waals surface area contributed by atoms with Gasteiger partial charge in [0.1, 0.15) is 34.4 Å². The molecule has 16 heteroatoms. The Morgan fingerprint density at radius 3 is 1.23 bits per heavy atom. The van der Waals surface area contributed by atoms with E-state index in [0.717, 1.165) is 11.1 Å². The molecule has 2 atom stereocenters. The zero-order valence-corrected chi connectivity index (χ0v) is 31.2. The van der Waals surface area contributed by atoms with Crippen LogP contribution in [0.25, 0.3) is 0 Å². The summed E-state index contributed by atoms with van der Waals surface area (Å²) < 4.78 is 21.3. The minimum absolute atomic E-state index is 0.0162. The van der Waals surface area contributed by atoms with Gasteiger partial charge in [0.2, 0.25) is 11.8 Å². The van der Waals surface area contributed by atoms with Crippen molar-refractivity contribution in [2.24, 2.45) is 21.5 Å². The maximum atomic E-state index is 13.5. The van der Waals surface area contributed by atoms with Gasteiger partial charge in [-0.1, -0.05) is 24.3 Å². The molecule has 1 heterocycles. The van der Waals surface area contributed by atoms with Gasteiger partial charge in [0.25, 0.3) is 0 Å². The number of primary amides is 2. The number of carbonyl (C=O) groups excluding carboxylic acids is 4. The maximum absolute atomic E-state index is 13.5. The van der Waals surface area contributed by atoms with Crippen molar-refractivity contribution < 1.29 is 38.1 Å². The molecular weight excluding hydrogens is 672 g/mol. The van der Waals surface area contributed by atoms with E-state index in [1.54, 1.807) is 80.0 Å². The summed E-state index contributed by atoms with van der Waals surface area (Å²) in [6, 6.07) is 11.8. The molecule has 1 aliphatic heterocycles. The van der Waals surface area contributed by atoms with Crippen LogP contribution in [0.5, 0.6) is 11.5 Å². The third kappa shape index (κ3) is 12.3. The lowest BCUT2D eigenvalue weighted by Gasteiger charge is -2.47. The number of amides is 4. The van der Waals surface area contributed by atoms with Gasteiger partial charge in [-0.25, -0.2) is 9.59 Å². The van der Waals surface area contributed by atoms with Gasteiger partial charge in [0.05, 0.1) is 27.3 Å². The molecular formula is C36H52N8O8. The zero-order valence-electron chi connectivity index (χ0n) is 31.2. The van der Waals surface area contributed by atoms with Crippen molar-refractivity contribution >= 4 is 35.7 Å². The van der Waals surface area contributed by atoms with Crippen molar-refractivity contribution in [1.29, 1.82) is 0 Å². The summed E-state index contributed by atoms with van der Waals surface area (Å²) in [6.07, 6.45) is -1.35. The van der Waals surface area contributed by atoms with Crippen LogP contribution >= 0.6 is 0 Å². The summed E-state index contributed by atoms with van der Waals surface area (Å²) >= 11 is 0. The standard InChI is InChI=1S/C36H52N8O8/c1-35(2,3)51-33(47)39-17-19-43-27(29(37)45)32(42-22-24-11-15-26(50-8)16-12-24)44(20-18-40-34(48)52-36(4,5)6)28(30(38)46)31(43)41-21-23-9-13-25(49-7)14-10-23/h9-16,27-28H,17-22H2,1-8H3,(H2,37,45)(H2,38,46)(H,39,47)(H,40,48). The van der Waals surface area contributed by atoms with Crippen LogP contribution in [0.1, 0.15) is 52.7 Å². The highest BCUT2D eigenvalue weighted by Crippen LogP contribution is 2.23. The van der Waals surface area contributed by atoms with E-state index in [-0.39, 0.29) is 50.9 Å². The maximum Gasteiger partial charge on any atom is 0.407 e. The van der Waals surface area contributed by atoms with Gasteiger partial charge in [0.15, 0.2) is 12.1 Å². The second kappa shape index (κ2) is 18.1. The van der Waals surface area contributed by atoms with Crippen molar-refractivity contribution in [3.8, 4) is 11.5 Å². The molecule has 0 saturated carbocycles. The van der Waals surface area contributed by atoms with Crippen molar-refractivity contribution in [3.05, 3.63) is 59.7 Å². The summed E-state index contributed by atoms with van der Waals surface area (Å²) in [7, 11) is 3.11. The number of carbonyl (C=O) groups is 4. The summed E-state index contributed by atoms with van der Waals surface area (Å²) in [4.78, 5) is 64.8. The Labute approximate surface area is 304 Å². The molecule has 0 spiro atoms. The second-order valence-corrected chi connectivity index (χ2v) is 13.9. The fourth-order valence-electron chi connectivity index (χ4n) is 5.25. The van der Waals surface area contributed by atoms with Gasteiger partial charge in [0, 0.05) is 26.2 Å². The Hall–Kier alpha value is -5.54. The van der Waals surface area contributed by atoms with E-state index in [1.807, 2.05) is 24.3 Å². The van der Waals surface area contributed by atoms with Crippen LogP contribution < -0.4 is 31.6 Å². The van der Waals surface area contributed by atoms with Gasteiger partial charge in [-0.3, -0.25) is 19.6 Å². The number of nitrogens with zero attached hydrogens (tertiary/aromatic N) is 4. The molecule has 2 aromatic rings. The summed E-state index contributed by atoms with van der Waals surface area (Å²) in [6.45, 7) is 10.5. The predicted molar refractivity (Wildman–Crippen MR) is 196 cm³/mol. The highest BCUT2D eigenvalue weighted by atomic mass is 16.6. The molecule has 1 aliphatic rings. The number of piperazine rings is 1. The molecule has 1 fully saturated rings. The third-order valence-electron chi connectivity index (χ3n) is 7.45. The molecule has 52 heavy (non-hydrogen) atoms. The van der Waals surface area contributed by atoms with Crippen LogP contribution in [0.3, 0.4) is 0 Å². The number of benzene rings is 2.